The molecule has 3 aromatic rings. The van der Waals surface area contributed by atoms with E-state index in [1.54, 1.807) is 55.5 Å². The third-order valence-electron chi connectivity index (χ3n) is 6.72. The van der Waals surface area contributed by atoms with Crippen LogP contribution in [0.2, 0.25) is 0 Å². The van der Waals surface area contributed by atoms with E-state index in [9.17, 15) is 24.0 Å². The molecule has 3 N–H and O–H groups in total. The molecule has 0 aliphatic carbocycles. The highest BCUT2D eigenvalue weighted by atomic mass is 16.7. The van der Waals surface area contributed by atoms with Gasteiger partial charge < -0.3 is 25.0 Å². The average Bonchev–Trinajstić information content (AvgIpc) is 3.51. The van der Waals surface area contributed by atoms with Gasteiger partial charge in [0.05, 0.1) is 29.8 Å². The summed E-state index contributed by atoms with van der Waals surface area (Å²) in [6.07, 6.45) is 3.72. The Labute approximate surface area is 243 Å². The standard InChI is InChI=1S/C31H35N3O8/c1-3-5-7-12-24(25(4-2)34(20-35)42-31(40)23-10-8-6-9-11-23)28(36)32-19-33-29(37)27-18-17-26(41-27)21-13-15-22(16-14-21)30(38)39/h6,8-11,13-18,20,24-25H,3-5,7,12,19H2,1-2H3,(H,32,36)(H,33,37)(H,38,39)/t24?,25-/m1/s1. The smallest absolute Gasteiger partial charge is 0.363 e. The first-order chi connectivity index (χ1) is 20.3. The molecular formula is C31H35N3O8. The van der Waals surface area contributed by atoms with Crippen molar-refractivity contribution in [1.29, 1.82) is 0 Å². The van der Waals surface area contributed by atoms with Gasteiger partial charge in [0.25, 0.3) is 5.91 Å². The molecule has 0 fully saturated rings. The maximum absolute atomic E-state index is 13.3. The van der Waals surface area contributed by atoms with Crippen molar-refractivity contribution in [2.45, 2.75) is 52.0 Å². The van der Waals surface area contributed by atoms with Crippen LogP contribution in [0.1, 0.15) is 77.2 Å². The highest BCUT2D eigenvalue weighted by Gasteiger charge is 2.33. The summed E-state index contributed by atoms with van der Waals surface area (Å²) in [5.41, 5.74) is 0.996. The lowest BCUT2D eigenvalue weighted by atomic mass is 9.90. The molecule has 3 amide bonds. The van der Waals surface area contributed by atoms with Crippen molar-refractivity contribution < 1.29 is 38.3 Å². The summed E-state index contributed by atoms with van der Waals surface area (Å²) in [6, 6.07) is 16.6. The summed E-state index contributed by atoms with van der Waals surface area (Å²) in [5, 5.41) is 15.2. The van der Waals surface area contributed by atoms with Crippen LogP contribution in [0.15, 0.2) is 71.1 Å². The van der Waals surface area contributed by atoms with E-state index in [4.69, 9.17) is 14.4 Å². The number of amides is 3. The van der Waals surface area contributed by atoms with E-state index in [1.807, 2.05) is 6.92 Å². The van der Waals surface area contributed by atoms with Gasteiger partial charge in [0.2, 0.25) is 12.3 Å². The SMILES string of the molecule is CCCCCC(C(=O)NCNC(=O)c1ccc(-c2ccc(C(=O)O)cc2)o1)[C@@H](CC)N(C=O)OC(=O)c1ccccc1. The molecule has 0 aliphatic rings. The molecule has 0 aliphatic heterocycles. The highest BCUT2D eigenvalue weighted by molar-refractivity contribution is 5.92. The predicted octanol–water partition coefficient (Wildman–Crippen LogP) is 4.65. The number of nitrogens with one attached hydrogen (secondary N) is 2. The molecule has 1 heterocycles. The van der Waals surface area contributed by atoms with Crippen LogP contribution in [0.3, 0.4) is 0 Å². The molecule has 222 valence electrons. The van der Waals surface area contributed by atoms with E-state index < -0.39 is 35.7 Å². The van der Waals surface area contributed by atoms with E-state index >= 15 is 0 Å². The van der Waals surface area contributed by atoms with Crippen LogP contribution in [0.4, 0.5) is 0 Å². The number of hydrogen-bond acceptors (Lipinski definition) is 7. The first kappa shape index (κ1) is 31.6. The number of carboxylic acids is 1. The minimum Gasteiger partial charge on any atom is -0.478 e. The van der Waals surface area contributed by atoms with Gasteiger partial charge in [-0.2, -0.15) is 5.06 Å². The first-order valence-corrected chi connectivity index (χ1v) is 13.8. The lowest BCUT2D eigenvalue weighted by Crippen LogP contribution is -2.49. The number of hydroxylamine groups is 2. The second-order valence-electron chi connectivity index (χ2n) is 9.56. The van der Waals surface area contributed by atoms with Gasteiger partial charge in [0.1, 0.15) is 5.76 Å². The second-order valence-corrected chi connectivity index (χ2v) is 9.56. The largest absolute Gasteiger partial charge is 0.478 e. The monoisotopic (exact) mass is 577 g/mol. The number of benzene rings is 2. The summed E-state index contributed by atoms with van der Waals surface area (Å²) >= 11 is 0. The Kier molecular flexibility index (Phi) is 11.8. The van der Waals surface area contributed by atoms with Crippen molar-refractivity contribution in [3.05, 3.63) is 83.6 Å². The van der Waals surface area contributed by atoms with Gasteiger partial charge in [-0.3, -0.25) is 14.4 Å². The van der Waals surface area contributed by atoms with Crippen molar-refractivity contribution in [3.8, 4) is 11.3 Å². The Morgan fingerprint density at radius 3 is 2.26 bits per heavy atom. The fraction of sp³-hybridized carbons (Fsp3) is 0.323. The molecule has 11 nitrogen and oxygen atoms in total. The average molecular weight is 578 g/mol. The number of carbonyl (C=O) groups excluding carboxylic acids is 4. The minimum absolute atomic E-state index is 0.00689. The van der Waals surface area contributed by atoms with Crippen molar-refractivity contribution >= 4 is 30.2 Å². The van der Waals surface area contributed by atoms with Gasteiger partial charge >= 0.3 is 11.9 Å². The molecular weight excluding hydrogens is 542 g/mol. The lowest BCUT2D eigenvalue weighted by molar-refractivity contribution is -0.171. The first-order valence-electron chi connectivity index (χ1n) is 13.8. The van der Waals surface area contributed by atoms with Crippen LogP contribution in [0.25, 0.3) is 11.3 Å². The van der Waals surface area contributed by atoms with E-state index in [1.165, 1.54) is 18.2 Å². The minimum atomic E-state index is -1.05. The van der Waals surface area contributed by atoms with E-state index in [0.29, 0.717) is 30.6 Å². The number of rotatable bonds is 16. The third-order valence-corrected chi connectivity index (χ3v) is 6.72. The number of hydrogen-bond donors (Lipinski definition) is 3. The number of nitrogens with zero attached hydrogens (tertiary/aromatic N) is 1. The van der Waals surface area contributed by atoms with Crippen LogP contribution >= 0.6 is 0 Å². The maximum atomic E-state index is 13.3. The van der Waals surface area contributed by atoms with Crippen LogP contribution < -0.4 is 10.6 Å². The normalized spacial score (nSPS) is 12.0. The van der Waals surface area contributed by atoms with E-state index in [2.05, 4.69) is 10.6 Å². The number of furan rings is 1. The summed E-state index contributed by atoms with van der Waals surface area (Å²) < 4.78 is 5.61. The Hall–Kier alpha value is -4.93. The summed E-state index contributed by atoms with van der Waals surface area (Å²) in [4.78, 5) is 66.9. The molecule has 2 atom stereocenters. The summed E-state index contributed by atoms with van der Waals surface area (Å²) in [6.45, 7) is 3.63. The Morgan fingerprint density at radius 1 is 0.929 bits per heavy atom. The van der Waals surface area contributed by atoms with Gasteiger partial charge in [-0.25, -0.2) is 9.59 Å². The van der Waals surface area contributed by atoms with Gasteiger partial charge in [0, 0.05) is 5.56 Å². The number of unbranched alkanes of at least 4 members (excludes halogenated alkanes) is 2. The summed E-state index contributed by atoms with van der Waals surface area (Å²) in [5.74, 6) is -3.04. The van der Waals surface area contributed by atoms with Crippen LogP contribution in [0.5, 0.6) is 0 Å². The van der Waals surface area contributed by atoms with Crippen molar-refractivity contribution in [2.24, 2.45) is 5.92 Å². The van der Waals surface area contributed by atoms with Crippen molar-refractivity contribution in [2.75, 3.05) is 6.67 Å². The molecule has 0 spiro atoms. The molecule has 0 saturated carbocycles. The zero-order chi connectivity index (χ0) is 30.5. The topological polar surface area (TPSA) is 155 Å². The Morgan fingerprint density at radius 2 is 1.64 bits per heavy atom. The number of carbonyl (C=O) groups is 5. The quantitative estimate of drug-likeness (QED) is 0.0961. The van der Waals surface area contributed by atoms with Crippen LogP contribution in [0, 0.1) is 5.92 Å². The fourth-order valence-corrected chi connectivity index (χ4v) is 4.47. The van der Waals surface area contributed by atoms with Crippen molar-refractivity contribution in [1.82, 2.24) is 15.7 Å². The molecule has 0 radical (unpaired) electrons. The molecule has 0 saturated heterocycles. The van der Waals surface area contributed by atoms with Gasteiger partial charge in [-0.05, 0) is 49.2 Å². The fourth-order valence-electron chi connectivity index (χ4n) is 4.47. The van der Waals surface area contributed by atoms with Crippen LogP contribution in [-0.4, -0.2) is 53.0 Å². The molecule has 3 rings (SSSR count). The number of carboxylic acid groups (broad SMARTS) is 1. The zero-order valence-corrected chi connectivity index (χ0v) is 23.6. The maximum Gasteiger partial charge on any atom is 0.363 e. The van der Waals surface area contributed by atoms with E-state index in [-0.39, 0.29) is 23.6 Å². The Bertz CT molecular complexity index is 1350. The van der Waals surface area contributed by atoms with Gasteiger partial charge in [-0.15, -0.1) is 0 Å². The zero-order valence-electron chi connectivity index (χ0n) is 23.6. The molecule has 42 heavy (non-hydrogen) atoms. The van der Waals surface area contributed by atoms with E-state index in [0.717, 1.165) is 24.3 Å². The van der Waals surface area contributed by atoms with Crippen molar-refractivity contribution in [3.63, 3.8) is 0 Å². The third kappa shape index (κ3) is 8.53. The lowest BCUT2D eigenvalue weighted by Gasteiger charge is -2.31. The second kappa shape index (κ2) is 15.8. The molecule has 1 aromatic heterocycles. The predicted molar refractivity (Wildman–Crippen MR) is 153 cm³/mol. The van der Waals surface area contributed by atoms with Gasteiger partial charge in [-0.1, -0.05) is 63.4 Å². The van der Waals surface area contributed by atoms with Gasteiger partial charge in [0.15, 0.2) is 5.76 Å². The molecule has 2 aromatic carbocycles. The summed E-state index contributed by atoms with van der Waals surface area (Å²) in [7, 11) is 0. The molecule has 0 bridgehead atoms. The highest BCUT2D eigenvalue weighted by Crippen LogP contribution is 2.24. The molecule has 1 unspecified atom stereocenters. The number of aromatic carboxylic acids is 1. The molecule has 11 heteroatoms. The van der Waals surface area contributed by atoms with Crippen LogP contribution in [-0.2, 0) is 14.4 Å². The Balaban J connectivity index is 1.63.